The van der Waals surface area contributed by atoms with E-state index in [-0.39, 0.29) is 43.8 Å². The number of carbonyl (C=O) groups is 1. The molecule has 0 atom stereocenters. The zero-order valence-corrected chi connectivity index (χ0v) is 19.6. The number of hydrogen-bond donors (Lipinski definition) is 0. The lowest BCUT2D eigenvalue weighted by Crippen LogP contribution is -2.30. The first kappa shape index (κ1) is 23.0. The van der Waals surface area contributed by atoms with Gasteiger partial charge in [-0.05, 0) is 57.0 Å². The van der Waals surface area contributed by atoms with E-state index >= 15 is 0 Å². The van der Waals surface area contributed by atoms with Crippen molar-refractivity contribution in [3.8, 4) is 11.3 Å². The Bertz CT molecular complexity index is 1180. The largest absolute Gasteiger partial charge is 0.299 e. The average molecular weight is 468 g/mol. The van der Waals surface area contributed by atoms with Crippen LogP contribution in [0, 0.1) is 5.92 Å². The maximum atomic E-state index is 13.4. The van der Waals surface area contributed by atoms with Crippen LogP contribution in [-0.2, 0) is 24.8 Å². The molecule has 1 aliphatic carbocycles. The number of Topliss-reactive ketones (excluding diaryl/α,β-unsaturated/α-hetero) is 1. The van der Waals surface area contributed by atoms with Crippen LogP contribution < -0.4 is 0 Å². The highest BCUT2D eigenvalue weighted by atomic mass is 19.3. The third-order valence-corrected chi connectivity index (χ3v) is 7.32. The van der Waals surface area contributed by atoms with Crippen molar-refractivity contribution in [3.05, 3.63) is 42.0 Å². The Morgan fingerprint density at radius 3 is 2.65 bits per heavy atom. The van der Waals surface area contributed by atoms with Crippen molar-refractivity contribution >= 4 is 16.7 Å². The molecule has 1 aliphatic heterocycles. The van der Waals surface area contributed by atoms with Gasteiger partial charge in [0.25, 0.3) is 0 Å². The third-order valence-electron chi connectivity index (χ3n) is 7.32. The smallest absolute Gasteiger partial charge is 0.248 e. The molecule has 34 heavy (non-hydrogen) atoms. The summed E-state index contributed by atoms with van der Waals surface area (Å²) in [6.07, 6.45) is 7.64. The minimum atomic E-state index is -2.63. The first-order chi connectivity index (χ1) is 16.4. The van der Waals surface area contributed by atoms with Gasteiger partial charge in [-0.1, -0.05) is 6.42 Å². The zero-order chi connectivity index (χ0) is 23.7. The lowest BCUT2D eigenvalue weighted by molar-refractivity contribution is -0.126. The number of aromatic nitrogens is 4. The molecular weight excluding hydrogens is 436 g/mol. The third kappa shape index (κ3) is 5.02. The van der Waals surface area contributed by atoms with E-state index in [9.17, 15) is 13.6 Å². The molecule has 0 radical (unpaired) electrons. The van der Waals surface area contributed by atoms with Crippen LogP contribution >= 0.6 is 0 Å². The summed E-state index contributed by atoms with van der Waals surface area (Å²) in [7, 11) is 1.97. The van der Waals surface area contributed by atoms with Gasteiger partial charge in [0.1, 0.15) is 5.78 Å². The SMILES string of the molecule is Cn1ncc(-c2ccc3cnc(CC(=O)C4CCC(F)(F)CC4)cc3n2)c1CN1CCCCC1. The summed E-state index contributed by atoms with van der Waals surface area (Å²) < 4.78 is 28.8. The highest BCUT2D eigenvalue weighted by molar-refractivity contribution is 5.85. The number of nitrogens with zero attached hydrogens (tertiary/aromatic N) is 5. The summed E-state index contributed by atoms with van der Waals surface area (Å²) in [6.45, 7) is 3.07. The topological polar surface area (TPSA) is 63.9 Å². The van der Waals surface area contributed by atoms with Gasteiger partial charge in [0, 0.05) is 61.6 Å². The average Bonchev–Trinajstić information content (AvgIpc) is 3.19. The summed E-state index contributed by atoms with van der Waals surface area (Å²) >= 11 is 0. The van der Waals surface area contributed by atoms with Gasteiger partial charge >= 0.3 is 0 Å². The number of pyridine rings is 2. The van der Waals surface area contributed by atoms with Crippen LogP contribution in [0.3, 0.4) is 0 Å². The number of piperidine rings is 1. The van der Waals surface area contributed by atoms with Gasteiger partial charge in [-0.25, -0.2) is 13.8 Å². The molecule has 0 aromatic carbocycles. The van der Waals surface area contributed by atoms with E-state index in [0.717, 1.165) is 47.5 Å². The molecule has 0 N–H and O–H groups in total. The van der Waals surface area contributed by atoms with Gasteiger partial charge in [-0.2, -0.15) is 5.10 Å². The first-order valence-electron chi connectivity index (χ1n) is 12.3. The van der Waals surface area contributed by atoms with Crippen LogP contribution in [0.1, 0.15) is 56.3 Å². The fraction of sp³-hybridized carbons (Fsp3) is 0.538. The van der Waals surface area contributed by atoms with Gasteiger partial charge in [-0.3, -0.25) is 19.4 Å². The Morgan fingerprint density at radius 1 is 1.12 bits per heavy atom. The number of rotatable bonds is 6. The molecular formula is C26H31F2N5O. The van der Waals surface area contributed by atoms with E-state index in [0.29, 0.717) is 5.69 Å². The molecule has 4 heterocycles. The second-order valence-corrected chi connectivity index (χ2v) is 9.80. The molecule has 0 bridgehead atoms. The van der Waals surface area contributed by atoms with E-state index in [1.807, 2.05) is 36.1 Å². The van der Waals surface area contributed by atoms with Crippen LogP contribution in [-0.4, -0.2) is 49.4 Å². The van der Waals surface area contributed by atoms with E-state index in [1.54, 1.807) is 6.20 Å². The molecule has 0 amide bonds. The van der Waals surface area contributed by atoms with Crippen LogP contribution in [0.2, 0.25) is 0 Å². The molecule has 1 saturated heterocycles. The Labute approximate surface area is 198 Å². The molecule has 2 fully saturated rings. The Kier molecular flexibility index (Phi) is 6.42. The number of alkyl halides is 2. The number of aryl methyl sites for hydroxylation is 1. The van der Waals surface area contributed by atoms with Crippen molar-refractivity contribution in [3.63, 3.8) is 0 Å². The van der Waals surface area contributed by atoms with Crippen molar-refractivity contribution in [1.82, 2.24) is 24.6 Å². The van der Waals surface area contributed by atoms with Gasteiger partial charge in [0.05, 0.1) is 23.1 Å². The molecule has 5 rings (SSSR count). The van der Waals surface area contributed by atoms with Crippen molar-refractivity contribution < 1.29 is 13.6 Å². The Balaban J connectivity index is 1.35. The van der Waals surface area contributed by atoms with Crippen molar-refractivity contribution in [2.75, 3.05) is 13.1 Å². The second-order valence-electron chi connectivity index (χ2n) is 9.80. The molecule has 180 valence electrons. The normalized spacial score (nSPS) is 19.5. The highest BCUT2D eigenvalue weighted by Crippen LogP contribution is 2.37. The van der Waals surface area contributed by atoms with E-state index < -0.39 is 5.92 Å². The quantitative estimate of drug-likeness (QED) is 0.513. The standard InChI is InChI=1S/C26H31F2N5O/c1-32-24(17-33-11-3-2-4-12-33)21(16-30-32)22-6-5-19-15-29-20(13-23(19)31-22)14-25(34)18-7-9-26(27,28)10-8-18/h5-6,13,15-16,18H,2-4,7-12,14,17H2,1H3. The molecule has 1 saturated carbocycles. The fourth-order valence-corrected chi connectivity index (χ4v) is 5.18. The number of carbonyl (C=O) groups excluding carboxylic acids is 1. The molecule has 0 spiro atoms. The minimum Gasteiger partial charge on any atom is -0.299 e. The maximum absolute atomic E-state index is 13.4. The van der Waals surface area contributed by atoms with Gasteiger partial charge < -0.3 is 0 Å². The second kappa shape index (κ2) is 9.49. The summed E-state index contributed by atoms with van der Waals surface area (Å²) in [6, 6.07) is 5.85. The van der Waals surface area contributed by atoms with Crippen molar-refractivity contribution in [2.45, 2.75) is 63.8 Å². The number of halogens is 2. The van der Waals surface area contributed by atoms with E-state index in [2.05, 4.69) is 15.0 Å². The highest BCUT2D eigenvalue weighted by Gasteiger charge is 2.37. The summed E-state index contributed by atoms with van der Waals surface area (Å²) in [5.74, 6) is -2.93. The van der Waals surface area contributed by atoms with Crippen molar-refractivity contribution in [2.24, 2.45) is 13.0 Å². The molecule has 0 unspecified atom stereocenters. The monoisotopic (exact) mass is 467 g/mol. The van der Waals surface area contributed by atoms with E-state index in [1.165, 1.54) is 19.3 Å². The lowest BCUT2D eigenvalue weighted by Gasteiger charge is -2.27. The van der Waals surface area contributed by atoms with Gasteiger partial charge in [0.2, 0.25) is 5.92 Å². The fourth-order valence-electron chi connectivity index (χ4n) is 5.18. The molecule has 8 heteroatoms. The predicted octanol–water partition coefficient (Wildman–Crippen LogP) is 4.95. The summed E-state index contributed by atoms with van der Waals surface area (Å²) in [5.41, 5.74) is 4.43. The molecule has 2 aliphatic rings. The first-order valence-corrected chi connectivity index (χ1v) is 12.3. The minimum absolute atomic E-state index is 0.00502. The zero-order valence-electron chi connectivity index (χ0n) is 19.6. The molecule has 3 aromatic rings. The van der Waals surface area contributed by atoms with Gasteiger partial charge in [0.15, 0.2) is 0 Å². The van der Waals surface area contributed by atoms with Crippen LogP contribution in [0.4, 0.5) is 8.78 Å². The molecule has 6 nitrogen and oxygen atoms in total. The number of hydrogen-bond acceptors (Lipinski definition) is 5. The summed E-state index contributed by atoms with van der Waals surface area (Å²) in [5, 5.41) is 5.40. The van der Waals surface area contributed by atoms with Gasteiger partial charge in [-0.15, -0.1) is 0 Å². The maximum Gasteiger partial charge on any atom is 0.248 e. The predicted molar refractivity (Wildman–Crippen MR) is 126 cm³/mol. The van der Waals surface area contributed by atoms with Crippen LogP contribution in [0.15, 0.2) is 30.6 Å². The number of likely N-dealkylation sites (tertiary alicyclic amines) is 1. The van der Waals surface area contributed by atoms with Crippen LogP contribution in [0.25, 0.3) is 22.2 Å². The Hall–Kier alpha value is -2.74. The molecule has 3 aromatic heterocycles. The van der Waals surface area contributed by atoms with Crippen molar-refractivity contribution in [1.29, 1.82) is 0 Å². The van der Waals surface area contributed by atoms with Crippen LogP contribution in [0.5, 0.6) is 0 Å². The van der Waals surface area contributed by atoms with E-state index in [4.69, 9.17) is 4.98 Å². The lowest BCUT2D eigenvalue weighted by atomic mass is 9.83. The number of fused-ring (bicyclic) bond motifs is 1. The Morgan fingerprint density at radius 2 is 1.88 bits per heavy atom. The number of ketones is 1. The summed E-state index contributed by atoms with van der Waals surface area (Å²) in [4.78, 5) is 24.5.